The lowest BCUT2D eigenvalue weighted by atomic mass is 10.0. The number of likely N-dealkylation sites (N-methyl/N-ethyl adjacent to an activating group) is 1. The number of rotatable bonds is 8. The fourth-order valence-corrected chi connectivity index (χ4v) is 4.34. The molecule has 4 heterocycles. The number of pyridine rings is 2. The van der Waals surface area contributed by atoms with E-state index in [1.165, 1.54) is 0 Å². The summed E-state index contributed by atoms with van der Waals surface area (Å²) >= 11 is 0. The number of nitrogens with zero attached hydrogens (tertiary/aromatic N) is 5. The Bertz CT molecular complexity index is 1540. The van der Waals surface area contributed by atoms with Crippen LogP contribution in [0.25, 0.3) is 33.1 Å². The lowest BCUT2D eigenvalue weighted by Crippen LogP contribution is -2.29. The second kappa shape index (κ2) is 9.65. The van der Waals surface area contributed by atoms with E-state index in [0.29, 0.717) is 36.1 Å². The zero-order valence-electron chi connectivity index (χ0n) is 20.5. The molecule has 4 aromatic heterocycles. The maximum absolute atomic E-state index is 12.1. The summed E-state index contributed by atoms with van der Waals surface area (Å²) in [6, 6.07) is 9.94. The first-order chi connectivity index (χ1) is 17.5. The SMILES string of the molecule is CCNC(=O)COc1nc2cnc3cc(-c4c(C)noc4C)c(OC)cc3c2n1Cc1ccccn1. The molecular formula is C26H26N6O4. The number of imidazole rings is 1. The first-order valence-corrected chi connectivity index (χ1v) is 11.6. The number of benzene rings is 1. The molecule has 0 atom stereocenters. The van der Waals surface area contributed by atoms with Crippen LogP contribution in [0, 0.1) is 13.8 Å². The van der Waals surface area contributed by atoms with Gasteiger partial charge in [0.2, 0.25) is 0 Å². The number of methoxy groups -OCH3 is 1. The Hall–Kier alpha value is -4.47. The molecule has 1 N–H and O–H groups in total. The number of carbonyl (C=O) groups excluding carboxylic acids is 1. The molecule has 184 valence electrons. The molecule has 10 nitrogen and oxygen atoms in total. The van der Waals surface area contributed by atoms with Crippen LogP contribution < -0.4 is 14.8 Å². The molecule has 0 unspecified atom stereocenters. The molecule has 0 fully saturated rings. The highest BCUT2D eigenvalue weighted by Crippen LogP contribution is 2.39. The van der Waals surface area contributed by atoms with Crippen molar-refractivity contribution in [3.05, 3.63) is 59.9 Å². The van der Waals surface area contributed by atoms with Gasteiger partial charge in [0.1, 0.15) is 17.0 Å². The second-order valence-corrected chi connectivity index (χ2v) is 8.30. The summed E-state index contributed by atoms with van der Waals surface area (Å²) in [6.45, 7) is 6.39. The van der Waals surface area contributed by atoms with Crippen LogP contribution in [0.5, 0.6) is 11.8 Å². The average molecular weight is 487 g/mol. The van der Waals surface area contributed by atoms with Crippen LogP contribution in [0.4, 0.5) is 0 Å². The number of ether oxygens (including phenoxy) is 2. The lowest BCUT2D eigenvalue weighted by molar-refractivity contribution is -0.123. The molecule has 0 aliphatic carbocycles. The molecule has 0 aliphatic heterocycles. The summed E-state index contributed by atoms with van der Waals surface area (Å²) < 4.78 is 18.9. The monoisotopic (exact) mass is 486 g/mol. The van der Waals surface area contributed by atoms with E-state index in [1.807, 2.05) is 55.7 Å². The van der Waals surface area contributed by atoms with Gasteiger partial charge < -0.3 is 19.3 Å². The number of aromatic nitrogens is 5. The summed E-state index contributed by atoms with van der Waals surface area (Å²) in [5, 5.41) is 7.66. The average Bonchev–Trinajstić information content (AvgIpc) is 3.41. The topological polar surface area (TPSA) is 117 Å². The van der Waals surface area contributed by atoms with Crippen molar-refractivity contribution in [1.82, 2.24) is 30.0 Å². The number of nitrogens with one attached hydrogen (secondary N) is 1. The van der Waals surface area contributed by atoms with Gasteiger partial charge >= 0.3 is 0 Å². The van der Waals surface area contributed by atoms with Gasteiger partial charge in [-0.25, -0.2) is 0 Å². The molecule has 10 heteroatoms. The third-order valence-corrected chi connectivity index (χ3v) is 5.91. The fraction of sp³-hybridized carbons (Fsp3) is 0.269. The molecule has 0 saturated carbocycles. The molecule has 5 aromatic rings. The van der Waals surface area contributed by atoms with Gasteiger partial charge in [0.15, 0.2) is 6.61 Å². The number of carbonyl (C=O) groups is 1. The Kier molecular flexibility index (Phi) is 6.24. The highest BCUT2D eigenvalue weighted by molar-refractivity contribution is 6.05. The lowest BCUT2D eigenvalue weighted by Gasteiger charge is -2.13. The van der Waals surface area contributed by atoms with Crippen molar-refractivity contribution in [1.29, 1.82) is 0 Å². The Morgan fingerprint density at radius 1 is 1.17 bits per heavy atom. The normalized spacial score (nSPS) is 11.2. The summed E-state index contributed by atoms with van der Waals surface area (Å²) in [6.07, 6.45) is 3.44. The molecule has 0 spiro atoms. The molecule has 0 radical (unpaired) electrons. The van der Waals surface area contributed by atoms with Crippen LogP contribution >= 0.6 is 0 Å². The number of hydrogen-bond donors (Lipinski definition) is 1. The van der Waals surface area contributed by atoms with E-state index in [4.69, 9.17) is 14.0 Å². The third-order valence-electron chi connectivity index (χ3n) is 5.91. The third kappa shape index (κ3) is 4.21. The van der Waals surface area contributed by atoms with Crippen molar-refractivity contribution in [3.8, 4) is 22.9 Å². The van der Waals surface area contributed by atoms with Gasteiger partial charge in [-0.2, -0.15) is 4.98 Å². The first-order valence-electron chi connectivity index (χ1n) is 11.6. The molecular weight excluding hydrogens is 460 g/mol. The Morgan fingerprint density at radius 3 is 2.72 bits per heavy atom. The number of aryl methyl sites for hydroxylation is 2. The summed E-state index contributed by atoms with van der Waals surface area (Å²) in [5.41, 5.74) is 5.50. The predicted molar refractivity (Wildman–Crippen MR) is 134 cm³/mol. The zero-order valence-corrected chi connectivity index (χ0v) is 20.5. The van der Waals surface area contributed by atoms with Crippen LogP contribution in [-0.2, 0) is 11.3 Å². The van der Waals surface area contributed by atoms with Crippen molar-refractivity contribution < 1.29 is 18.8 Å². The minimum atomic E-state index is -0.220. The number of amides is 1. The van der Waals surface area contributed by atoms with Gasteiger partial charge in [0, 0.05) is 23.7 Å². The maximum Gasteiger partial charge on any atom is 0.298 e. The molecule has 0 saturated heterocycles. The number of hydrogen-bond acceptors (Lipinski definition) is 8. The minimum Gasteiger partial charge on any atom is -0.496 e. The van der Waals surface area contributed by atoms with Crippen LogP contribution in [0.3, 0.4) is 0 Å². The van der Waals surface area contributed by atoms with Crippen LogP contribution in [0.2, 0.25) is 0 Å². The molecule has 36 heavy (non-hydrogen) atoms. The minimum absolute atomic E-state index is 0.149. The predicted octanol–water partition coefficient (Wildman–Crippen LogP) is 3.82. The van der Waals surface area contributed by atoms with Crippen molar-refractivity contribution in [2.45, 2.75) is 27.3 Å². The fourth-order valence-electron chi connectivity index (χ4n) is 4.34. The van der Waals surface area contributed by atoms with Crippen LogP contribution in [-0.4, -0.2) is 50.8 Å². The highest BCUT2D eigenvalue weighted by atomic mass is 16.5. The van der Waals surface area contributed by atoms with Crippen molar-refractivity contribution in [2.24, 2.45) is 0 Å². The van der Waals surface area contributed by atoms with E-state index < -0.39 is 0 Å². The van der Waals surface area contributed by atoms with E-state index in [9.17, 15) is 4.79 Å². The van der Waals surface area contributed by atoms with Gasteiger partial charge in [0.25, 0.3) is 11.9 Å². The van der Waals surface area contributed by atoms with E-state index >= 15 is 0 Å². The molecule has 5 rings (SSSR count). The summed E-state index contributed by atoms with van der Waals surface area (Å²) in [7, 11) is 1.63. The Balaban J connectivity index is 1.70. The first kappa shape index (κ1) is 23.3. The summed E-state index contributed by atoms with van der Waals surface area (Å²) in [4.78, 5) is 25.9. The largest absolute Gasteiger partial charge is 0.496 e. The zero-order chi connectivity index (χ0) is 25.2. The maximum atomic E-state index is 12.1. The second-order valence-electron chi connectivity index (χ2n) is 8.30. The highest BCUT2D eigenvalue weighted by Gasteiger charge is 2.21. The molecule has 1 aromatic carbocycles. The van der Waals surface area contributed by atoms with Crippen molar-refractivity contribution in [2.75, 3.05) is 20.3 Å². The standard InChI is InChI=1S/C26H26N6O4/c1-5-27-23(33)14-35-26-30-21-12-29-20-10-19(24-15(2)31-36-16(24)3)22(34-4)11-18(20)25(21)32(26)13-17-8-6-7-9-28-17/h6-12H,5,13-14H2,1-4H3,(H,27,33). The summed E-state index contributed by atoms with van der Waals surface area (Å²) in [5.74, 6) is 1.14. The van der Waals surface area contributed by atoms with E-state index in [0.717, 1.165) is 38.9 Å². The van der Waals surface area contributed by atoms with Crippen LogP contribution in [0.1, 0.15) is 24.1 Å². The van der Waals surface area contributed by atoms with Gasteiger partial charge in [-0.3, -0.25) is 19.3 Å². The Morgan fingerprint density at radius 2 is 2.03 bits per heavy atom. The van der Waals surface area contributed by atoms with Gasteiger partial charge in [-0.15, -0.1) is 0 Å². The number of fused-ring (bicyclic) bond motifs is 3. The van der Waals surface area contributed by atoms with Crippen molar-refractivity contribution in [3.63, 3.8) is 0 Å². The quantitative estimate of drug-likeness (QED) is 0.352. The van der Waals surface area contributed by atoms with E-state index in [1.54, 1.807) is 19.5 Å². The van der Waals surface area contributed by atoms with E-state index in [2.05, 4.69) is 25.4 Å². The van der Waals surface area contributed by atoms with Gasteiger partial charge in [-0.1, -0.05) is 11.2 Å². The van der Waals surface area contributed by atoms with Crippen LogP contribution in [0.15, 0.2) is 47.2 Å². The molecule has 1 amide bonds. The molecule has 0 bridgehead atoms. The van der Waals surface area contributed by atoms with E-state index in [-0.39, 0.29) is 12.5 Å². The van der Waals surface area contributed by atoms with Gasteiger partial charge in [-0.05, 0) is 45.0 Å². The Labute approximate surface area is 207 Å². The smallest absolute Gasteiger partial charge is 0.298 e. The van der Waals surface area contributed by atoms with Gasteiger partial charge in [0.05, 0.1) is 47.8 Å². The molecule has 0 aliphatic rings. The van der Waals surface area contributed by atoms with Crippen molar-refractivity contribution >= 4 is 27.8 Å².